The van der Waals surface area contributed by atoms with Gasteiger partial charge in [-0.15, -0.1) is 0 Å². The van der Waals surface area contributed by atoms with Gasteiger partial charge in [-0.05, 0) is 50.2 Å². The monoisotopic (exact) mass is 469 g/mol. The largest absolute Gasteiger partial charge is 0.492 e. The number of nitrogens with one attached hydrogen (secondary N) is 2. The quantitative estimate of drug-likeness (QED) is 0.464. The molecule has 34 heavy (non-hydrogen) atoms. The minimum Gasteiger partial charge on any atom is -0.492 e. The number of hydrogen-bond acceptors (Lipinski definition) is 7. The van der Waals surface area contributed by atoms with Gasteiger partial charge in [0.15, 0.2) is 0 Å². The summed E-state index contributed by atoms with van der Waals surface area (Å²) in [6.07, 6.45) is 0.619. The molecule has 4 N–H and O–H groups in total. The van der Waals surface area contributed by atoms with E-state index in [1.807, 2.05) is 43.3 Å². The standard InChI is InChI=1S/C25H35N5O4/c1-2-33-23-10-4-3-9-22(23)28-25(32)34-18-17-29-13-15-30(16-14-29)21-8-5-7-20(19-21)27-24(31)11-6-12-26/h3-5,7-10,19H,2,6,11-18,26H2,1H3,(H,27,31)(H,28,32). The van der Waals surface area contributed by atoms with Crippen LogP contribution < -0.4 is 26.0 Å². The molecule has 0 radical (unpaired) electrons. The average Bonchev–Trinajstić information content (AvgIpc) is 2.85. The van der Waals surface area contributed by atoms with Crippen LogP contribution in [0.1, 0.15) is 19.8 Å². The fourth-order valence-corrected chi connectivity index (χ4v) is 3.76. The molecule has 1 saturated heterocycles. The zero-order valence-electron chi connectivity index (χ0n) is 19.8. The number of benzene rings is 2. The summed E-state index contributed by atoms with van der Waals surface area (Å²) < 4.78 is 10.9. The first-order chi connectivity index (χ1) is 16.6. The van der Waals surface area contributed by atoms with Gasteiger partial charge in [-0.2, -0.15) is 0 Å². The van der Waals surface area contributed by atoms with Crippen molar-refractivity contribution in [3.8, 4) is 5.75 Å². The number of nitrogens with zero attached hydrogens (tertiary/aromatic N) is 2. The van der Waals surface area contributed by atoms with Crippen molar-refractivity contribution in [1.29, 1.82) is 0 Å². The summed E-state index contributed by atoms with van der Waals surface area (Å²) in [6.45, 7) is 7.36. The van der Waals surface area contributed by atoms with E-state index < -0.39 is 6.09 Å². The van der Waals surface area contributed by atoms with Crippen molar-refractivity contribution >= 4 is 29.1 Å². The number of anilines is 3. The van der Waals surface area contributed by atoms with E-state index in [2.05, 4.69) is 26.5 Å². The van der Waals surface area contributed by atoms with Crippen molar-refractivity contribution in [2.24, 2.45) is 5.73 Å². The SMILES string of the molecule is CCOc1ccccc1NC(=O)OCCN1CCN(c2cccc(NC(=O)CCCN)c2)CC1. The van der Waals surface area contributed by atoms with E-state index in [1.54, 1.807) is 6.07 Å². The Morgan fingerprint density at radius 3 is 2.59 bits per heavy atom. The number of ether oxygens (including phenoxy) is 2. The molecule has 0 saturated carbocycles. The smallest absolute Gasteiger partial charge is 0.411 e. The van der Waals surface area contributed by atoms with Gasteiger partial charge in [0.25, 0.3) is 0 Å². The average molecular weight is 470 g/mol. The van der Waals surface area contributed by atoms with Gasteiger partial charge in [0.05, 0.1) is 12.3 Å². The van der Waals surface area contributed by atoms with Crippen molar-refractivity contribution in [3.63, 3.8) is 0 Å². The maximum Gasteiger partial charge on any atom is 0.411 e. The molecule has 1 fully saturated rings. The van der Waals surface area contributed by atoms with E-state index >= 15 is 0 Å². The normalized spacial score (nSPS) is 13.9. The Bertz CT molecular complexity index is 931. The lowest BCUT2D eigenvalue weighted by Crippen LogP contribution is -2.47. The van der Waals surface area contributed by atoms with Crippen LogP contribution in [0.15, 0.2) is 48.5 Å². The summed E-state index contributed by atoms with van der Waals surface area (Å²) in [5.41, 5.74) is 7.95. The first-order valence-electron chi connectivity index (χ1n) is 11.8. The molecule has 0 unspecified atom stereocenters. The molecule has 3 rings (SSSR count). The Kier molecular flexibility index (Phi) is 9.99. The third-order valence-electron chi connectivity index (χ3n) is 5.54. The van der Waals surface area contributed by atoms with Crippen LogP contribution in [0.2, 0.25) is 0 Å². The molecular weight excluding hydrogens is 434 g/mol. The van der Waals surface area contributed by atoms with Gasteiger partial charge in [-0.3, -0.25) is 15.0 Å². The number of hydrogen-bond donors (Lipinski definition) is 3. The number of rotatable bonds is 11. The summed E-state index contributed by atoms with van der Waals surface area (Å²) in [5.74, 6) is 0.607. The maximum absolute atomic E-state index is 12.2. The first kappa shape index (κ1) is 25.3. The summed E-state index contributed by atoms with van der Waals surface area (Å²) >= 11 is 0. The lowest BCUT2D eigenvalue weighted by atomic mass is 10.2. The highest BCUT2D eigenvalue weighted by atomic mass is 16.5. The Labute approximate surface area is 201 Å². The minimum atomic E-state index is -0.490. The number of amides is 2. The molecule has 0 aliphatic carbocycles. The van der Waals surface area contributed by atoms with Crippen molar-refractivity contribution < 1.29 is 19.1 Å². The van der Waals surface area contributed by atoms with Gasteiger partial charge < -0.3 is 25.4 Å². The predicted molar refractivity (Wildman–Crippen MR) is 135 cm³/mol. The van der Waals surface area contributed by atoms with Gasteiger partial charge in [0, 0.05) is 50.5 Å². The highest BCUT2D eigenvalue weighted by Gasteiger charge is 2.18. The van der Waals surface area contributed by atoms with Gasteiger partial charge in [0.1, 0.15) is 12.4 Å². The summed E-state index contributed by atoms with van der Waals surface area (Å²) in [6, 6.07) is 15.2. The Morgan fingerprint density at radius 1 is 1.03 bits per heavy atom. The minimum absolute atomic E-state index is 0.0159. The van der Waals surface area contributed by atoms with Crippen LogP contribution in [0.4, 0.5) is 21.9 Å². The number of carbonyl (C=O) groups is 2. The number of nitrogens with two attached hydrogens (primary N) is 1. The van der Waals surface area contributed by atoms with Crippen molar-refractivity contribution in [3.05, 3.63) is 48.5 Å². The molecule has 9 heteroatoms. The lowest BCUT2D eigenvalue weighted by Gasteiger charge is -2.36. The van der Waals surface area contributed by atoms with Gasteiger partial charge >= 0.3 is 6.09 Å². The molecule has 0 aromatic heterocycles. The zero-order valence-corrected chi connectivity index (χ0v) is 19.8. The molecule has 0 spiro atoms. The van der Waals surface area contributed by atoms with E-state index in [0.717, 1.165) is 37.6 Å². The molecule has 2 aromatic carbocycles. The zero-order chi connectivity index (χ0) is 24.2. The van der Waals surface area contributed by atoms with Crippen molar-refractivity contribution in [2.75, 3.05) is 68.0 Å². The van der Waals surface area contributed by atoms with Crippen LogP contribution >= 0.6 is 0 Å². The Balaban J connectivity index is 1.39. The van der Waals surface area contributed by atoms with Crippen molar-refractivity contribution in [2.45, 2.75) is 19.8 Å². The van der Waals surface area contributed by atoms with Crippen LogP contribution in [0, 0.1) is 0 Å². The molecular formula is C25H35N5O4. The molecule has 9 nitrogen and oxygen atoms in total. The number of para-hydroxylation sites is 2. The van der Waals surface area contributed by atoms with E-state index in [9.17, 15) is 9.59 Å². The van der Waals surface area contributed by atoms with Gasteiger partial charge in [-0.1, -0.05) is 18.2 Å². The van der Waals surface area contributed by atoms with Crippen LogP contribution in [-0.2, 0) is 9.53 Å². The molecule has 1 aliphatic heterocycles. The van der Waals surface area contributed by atoms with Crippen molar-refractivity contribution in [1.82, 2.24) is 4.90 Å². The molecule has 1 heterocycles. The second-order valence-corrected chi connectivity index (χ2v) is 8.01. The van der Waals surface area contributed by atoms with E-state index in [1.165, 1.54) is 0 Å². The first-order valence-corrected chi connectivity index (χ1v) is 11.8. The number of piperazine rings is 1. The Morgan fingerprint density at radius 2 is 1.82 bits per heavy atom. The number of carbonyl (C=O) groups excluding carboxylic acids is 2. The summed E-state index contributed by atoms with van der Waals surface area (Å²) in [5, 5.41) is 5.68. The van der Waals surface area contributed by atoms with E-state index in [0.29, 0.717) is 50.6 Å². The van der Waals surface area contributed by atoms with Gasteiger partial charge in [0.2, 0.25) is 5.91 Å². The third-order valence-corrected chi connectivity index (χ3v) is 5.54. The highest BCUT2D eigenvalue weighted by molar-refractivity contribution is 5.91. The molecule has 2 amide bonds. The van der Waals surface area contributed by atoms with E-state index in [-0.39, 0.29) is 5.91 Å². The molecule has 2 aromatic rings. The van der Waals surface area contributed by atoms with Crippen LogP contribution in [0.25, 0.3) is 0 Å². The molecule has 0 bridgehead atoms. The molecule has 0 atom stereocenters. The second kappa shape index (κ2) is 13.4. The van der Waals surface area contributed by atoms with E-state index in [4.69, 9.17) is 15.2 Å². The second-order valence-electron chi connectivity index (χ2n) is 8.01. The lowest BCUT2D eigenvalue weighted by molar-refractivity contribution is -0.116. The van der Waals surface area contributed by atoms with Crippen LogP contribution in [0.5, 0.6) is 5.75 Å². The Hall–Kier alpha value is -3.30. The third kappa shape index (κ3) is 7.93. The van der Waals surface area contributed by atoms with Crippen LogP contribution in [-0.4, -0.2) is 69.4 Å². The predicted octanol–water partition coefficient (Wildman–Crippen LogP) is 3.13. The summed E-state index contributed by atoms with van der Waals surface area (Å²) in [4.78, 5) is 28.7. The topological polar surface area (TPSA) is 109 Å². The molecule has 1 aliphatic rings. The fraction of sp³-hybridized carbons (Fsp3) is 0.440. The van der Waals surface area contributed by atoms with Crippen LogP contribution in [0.3, 0.4) is 0 Å². The summed E-state index contributed by atoms with van der Waals surface area (Å²) in [7, 11) is 0. The van der Waals surface area contributed by atoms with Gasteiger partial charge in [-0.25, -0.2) is 4.79 Å². The fourth-order valence-electron chi connectivity index (χ4n) is 3.76. The molecule has 184 valence electrons. The maximum atomic E-state index is 12.2. The highest BCUT2D eigenvalue weighted by Crippen LogP contribution is 2.24.